The summed E-state index contributed by atoms with van der Waals surface area (Å²) in [5.41, 5.74) is 2.38. The summed E-state index contributed by atoms with van der Waals surface area (Å²) in [6.45, 7) is 0. The smallest absolute Gasteiger partial charge is 0.307 e. The van der Waals surface area contributed by atoms with Gasteiger partial charge in [0.2, 0.25) is 0 Å². The molecule has 0 heterocycles. The topological polar surface area (TPSA) is 70.6 Å². The number of rotatable bonds is 5. The van der Waals surface area contributed by atoms with Crippen molar-refractivity contribution >= 4 is 34.7 Å². The Hall–Kier alpha value is -2.60. The van der Waals surface area contributed by atoms with Crippen LogP contribution in [0.1, 0.15) is 5.56 Å². The summed E-state index contributed by atoms with van der Waals surface area (Å²) in [7, 11) is 1.61. The summed E-state index contributed by atoms with van der Waals surface area (Å²) in [5.74, 6) is -0.0733. The first-order valence-electron chi connectivity index (χ1n) is 6.59. The molecule has 0 aliphatic carbocycles. The molecule has 0 bridgehead atoms. The zero-order valence-electron chi connectivity index (χ0n) is 12.0. The third kappa shape index (κ3) is 4.75. The Labute approximate surface area is 133 Å². The Morgan fingerprint density at radius 1 is 1.05 bits per heavy atom. The number of carboxylic acid groups (broad SMARTS) is 1. The predicted octanol–water partition coefficient (Wildman–Crippen LogP) is 3.13. The van der Waals surface area contributed by atoms with Gasteiger partial charge in [-0.25, -0.2) is 0 Å². The van der Waals surface area contributed by atoms with E-state index in [-0.39, 0.29) is 6.42 Å². The minimum absolute atomic E-state index is 0.00875. The number of carbonyl (C=O) groups is 1. The van der Waals surface area contributed by atoms with Gasteiger partial charge in [-0.15, -0.1) is 0 Å². The zero-order chi connectivity index (χ0) is 15.9. The molecule has 0 fully saturated rings. The van der Waals surface area contributed by atoms with Gasteiger partial charge in [0.15, 0.2) is 5.11 Å². The van der Waals surface area contributed by atoms with E-state index in [0.29, 0.717) is 5.11 Å². The van der Waals surface area contributed by atoms with E-state index in [0.717, 1.165) is 22.7 Å². The maximum Gasteiger partial charge on any atom is 0.307 e. The Bertz CT molecular complexity index is 654. The minimum Gasteiger partial charge on any atom is -0.497 e. The van der Waals surface area contributed by atoms with Crippen LogP contribution in [0, 0.1) is 0 Å². The number of hydrogen-bond donors (Lipinski definition) is 3. The van der Waals surface area contributed by atoms with Crippen molar-refractivity contribution in [2.24, 2.45) is 0 Å². The molecule has 2 aromatic rings. The fourth-order valence-electron chi connectivity index (χ4n) is 1.85. The van der Waals surface area contributed by atoms with Crippen LogP contribution in [0.25, 0.3) is 0 Å². The van der Waals surface area contributed by atoms with Crippen LogP contribution >= 0.6 is 12.2 Å². The number of benzene rings is 2. The molecule has 2 rings (SSSR count). The van der Waals surface area contributed by atoms with E-state index in [2.05, 4.69) is 10.6 Å². The zero-order valence-corrected chi connectivity index (χ0v) is 12.8. The number of aliphatic carboxylic acids is 1. The average molecular weight is 316 g/mol. The second kappa shape index (κ2) is 7.42. The van der Waals surface area contributed by atoms with Gasteiger partial charge in [-0.3, -0.25) is 4.79 Å². The lowest BCUT2D eigenvalue weighted by atomic mass is 10.1. The Morgan fingerprint density at radius 3 is 2.00 bits per heavy atom. The van der Waals surface area contributed by atoms with Gasteiger partial charge in [-0.05, 0) is 54.2 Å². The molecule has 0 amide bonds. The summed E-state index contributed by atoms with van der Waals surface area (Å²) >= 11 is 5.23. The van der Waals surface area contributed by atoms with Crippen LogP contribution in [-0.4, -0.2) is 23.3 Å². The lowest BCUT2D eigenvalue weighted by molar-refractivity contribution is -0.136. The van der Waals surface area contributed by atoms with E-state index in [9.17, 15) is 4.79 Å². The van der Waals surface area contributed by atoms with Crippen LogP contribution < -0.4 is 15.4 Å². The molecular weight excluding hydrogens is 300 g/mol. The number of anilines is 2. The Balaban J connectivity index is 1.92. The molecule has 6 heteroatoms. The molecule has 22 heavy (non-hydrogen) atoms. The molecule has 0 atom stereocenters. The molecule has 0 unspecified atom stereocenters. The third-order valence-corrected chi connectivity index (χ3v) is 3.12. The van der Waals surface area contributed by atoms with Crippen LogP contribution in [0.4, 0.5) is 11.4 Å². The van der Waals surface area contributed by atoms with Crippen LogP contribution in [-0.2, 0) is 11.2 Å². The van der Waals surface area contributed by atoms with Gasteiger partial charge in [0.25, 0.3) is 0 Å². The van der Waals surface area contributed by atoms with Crippen molar-refractivity contribution in [3.05, 3.63) is 54.1 Å². The van der Waals surface area contributed by atoms with Gasteiger partial charge in [0.05, 0.1) is 13.5 Å². The number of nitrogens with one attached hydrogen (secondary N) is 2. The molecule has 3 N–H and O–H groups in total. The molecule has 0 radical (unpaired) electrons. The summed E-state index contributed by atoms with van der Waals surface area (Å²) in [5, 5.41) is 15.3. The predicted molar refractivity (Wildman–Crippen MR) is 90.6 cm³/mol. The van der Waals surface area contributed by atoms with Crippen molar-refractivity contribution in [3.63, 3.8) is 0 Å². The molecule has 0 saturated heterocycles. The van der Waals surface area contributed by atoms with E-state index in [1.54, 1.807) is 31.4 Å². The highest BCUT2D eigenvalue weighted by Crippen LogP contribution is 2.16. The lowest BCUT2D eigenvalue weighted by Crippen LogP contribution is -2.19. The maximum atomic E-state index is 10.6. The highest BCUT2D eigenvalue weighted by atomic mass is 32.1. The van der Waals surface area contributed by atoms with Crippen LogP contribution in [0.15, 0.2) is 48.5 Å². The van der Waals surface area contributed by atoms with Crippen molar-refractivity contribution in [1.82, 2.24) is 0 Å². The highest BCUT2D eigenvalue weighted by molar-refractivity contribution is 7.80. The van der Waals surface area contributed by atoms with Crippen LogP contribution in [0.2, 0.25) is 0 Å². The molecule has 0 aliphatic heterocycles. The van der Waals surface area contributed by atoms with Crippen molar-refractivity contribution in [3.8, 4) is 5.75 Å². The third-order valence-electron chi connectivity index (χ3n) is 2.92. The van der Waals surface area contributed by atoms with E-state index in [4.69, 9.17) is 22.1 Å². The fraction of sp³-hybridized carbons (Fsp3) is 0.125. The van der Waals surface area contributed by atoms with E-state index in [1.165, 1.54) is 0 Å². The molecule has 0 saturated carbocycles. The molecule has 114 valence electrons. The Morgan fingerprint density at radius 2 is 1.55 bits per heavy atom. The SMILES string of the molecule is COc1ccc(NC(=S)Nc2ccc(CC(=O)O)cc2)cc1. The molecule has 0 spiro atoms. The number of thiocarbonyl (C=S) groups is 1. The van der Waals surface area contributed by atoms with Gasteiger partial charge in [-0.1, -0.05) is 12.1 Å². The first-order chi connectivity index (χ1) is 10.6. The average Bonchev–Trinajstić information content (AvgIpc) is 2.49. The minimum atomic E-state index is -0.850. The second-order valence-corrected chi connectivity index (χ2v) is 4.98. The highest BCUT2D eigenvalue weighted by Gasteiger charge is 2.02. The number of methoxy groups -OCH3 is 1. The molecular formula is C16H16N2O3S. The molecule has 0 aliphatic rings. The number of carboxylic acids is 1. The Kier molecular flexibility index (Phi) is 5.32. The van der Waals surface area contributed by atoms with E-state index >= 15 is 0 Å². The molecule has 5 nitrogen and oxygen atoms in total. The largest absolute Gasteiger partial charge is 0.497 e. The van der Waals surface area contributed by atoms with Crippen LogP contribution in [0.3, 0.4) is 0 Å². The van der Waals surface area contributed by atoms with Gasteiger partial charge in [-0.2, -0.15) is 0 Å². The quantitative estimate of drug-likeness (QED) is 0.736. The first kappa shape index (κ1) is 15.8. The van der Waals surface area contributed by atoms with Crippen molar-refractivity contribution in [2.45, 2.75) is 6.42 Å². The standard InChI is InChI=1S/C16H16N2O3S/c1-21-14-8-6-13(7-9-14)18-16(22)17-12-4-2-11(3-5-12)10-15(19)20/h2-9H,10H2,1H3,(H,19,20)(H2,17,18,22). The number of ether oxygens (including phenoxy) is 1. The normalized spacial score (nSPS) is 9.86. The van der Waals surface area contributed by atoms with Gasteiger partial charge in [0.1, 0.15) is 5.75 Å². The van der Waals surface area contributed by atoms with Gasteiger partial charge in [0, 0.05) is 11.4 Å². The van der Waals surface area contributed by atoms with E-state index in [1.807, 2.05) is 24.3 Å². The van der Waals surface area contributed by atoms with E-state index < -0.39 is 5.97 Å². The van der Waals surface area contributed by atoms with Crippen molar-refractivity contribution < 1.29 is 14.6 Å². The maximum absolute atomic E-state index is 10.6. The summed E-state index contributed by atoms with van der Waals surface area (Å²) in [4.78, 5) is 10.6. The van der Waals surface area contributed by atoms with Crippen molar-refractivity contribution in [1.29, 1.82) is 0 Å². The summed E-state index contributed by atoms with van der Waals surface area (Å²) in [6, 6.07) is 14.5. The molecule has 2 aromatic carbocycles. The second-order valence-electron chi connectivity index (χ2n) is 4.58. The van der Waals surface area contributed by atoms with Gasteiger partial charge >= 0.3 is 5.97 Å². The number of hydrogen-bond acceptors (Lipinski definition) is 3. The fourth-order valence-corrected chi connectivity index (χ4v) is 2.08. The summed E-state index contributed by atoms with van der Waals surface area (Å²) < 4.78 is 5.09. The first-order valence-corrected chi connectivity index (χ1v) is 7.00. The monoisotopic (exact) mass is 316 g/mol. The van der Waals surface area contributed by atoms with Crippen LogP contribution in [0.5, 0.6) is 5.75 Å². The molecule has 0 aromatic heterocycles. The van der Waals surface area contributed by atoms with Crippen molar-refractivity contribution in [2.75, 3.05) is 17.7 Å². The lowest BCUT2D eigenvalue weighted by Gasteiger charge is -2.11. The van der Waals surface area contributed by atoms with Gasteiger partial charge < -0.3 is 20.5 Å². The summed E-state index contributed by atoms with van der Waals surface area (Å²) in [6.07, 6.45) is 0.00875.